The second-order valence-corrected chi connectivity index (χ2v) is 0.911. The first-order valence-electron chi connectivity index (χ1n) is 1.41. The van der Waals surface area contributed by atoms with E-state index in [9.17, 15) is 0 Å². The second kappa shape index (κ2) is 5.22. The van der Waals surface area contributed by atoms with Gasteiger partial charge in [0.05, 0.1) is 0 Å². The van der Waals surface area contributed by atoms with Gasteiger partial charge in [0, 0.05) is 22.4 Å². The summed E-state index contributed by atoms with van der Waals surface area (Å²) in [5.74, 6) is 0. The zero-order valence-corrected chi connectivity index (χ0v) is 5.70. The normalized spacial score (nSPS) is 5.50. The van der Waals surface area contributed by atoms with Crippen molar-refractivity contribution in [2.24, 2.45) is 0 Å². The maximum atomic E-state index is 5.03. The molecule has 0 spiro atoms. The summed E-state index contributed by atoms with van der Waals surface area (Å²) >= 11 is 0. The fraction of sp³-hybridized carbons (Fsp3) is 0.200. The van der Waals surface area contributed by atoms with Gasteiger partial charge in [-0.2, -0.15) is 0 Å². The average molecular weight is 263 g/mol. The maximum absolute atomic E-state index is 5.03. The molecule has 6 heavy (non-hydrogen) atoms. The number of hydrogen-bond donors (Lipinski definition) is 0. The van der Waals surface area contributed by atoms with Crippen LogP contribution in [0.5, 0.6) is 0 Å². The minimum atomic E-state index is 0. The monoisotopic (exact) mass is 263 g/mol. The van der Waals surface area contributed by atoms with Crippen LogP contribution in [0.15, 0.2) is 11.6 Å². The molecule has 1 radical (unpaired) electrons. The van der Waals surface area contributed by atoms with Crippen molar-refractivity contribution in [3.05, 3.63) is 24.8 Å². The van der Waals surface area contributed by atoms with Gasteiger partial charge in [-0.05, 0) is 0 Å². The molecule has 0 aromatic carbocycles. The number of hydrogen-bond acceptors (Lipinski definition) is 0. The Balaban J connectivity index is 0. The topological polar surface area (TPSA) is 0 Å². The van der Waals surface area contributed by atoms with Gasteiger partial charge >= 0.3 is 0 Å². The average Bonchev–Trinajstić information content (AvgIpc) is 1.38. The van der Waals surface area contributed by atoms with Gasteiger partial charge in [-0.25, -0.2) is 0 Å². The predicted octanol–water partition coefficient (Wildman–Crippen LogP) is 1.35. The fourth-order valence-electron chi connectivity index (χ4n) is 0. The second-order valence-electron chi connectivity index (χ2n) is 0.911. The maximum Gasteiger partial charge on any atom is 0 e. The van der Waals surface area contributed by atoms with Gasteiger partial charge in [-0.3, -0.25) is 0 Å². The molecule has 0 amide bonds. The van der Waals surface area contributed by atoms with E-state index in [2.05, 4.69) is 0 Å². The summed E-state index contributed by atoms with van der Waals surface area (Å²) in [6.45, 7) is 11.6. The summed E-state index contributed by atoms with van der Waals surface area (Å²) in [5.41, 5.74) is 0.657. The minimum Gasteiger partial charge on any atom is -0.394 e. The van der Waals surface area contributed by atoms with Crippen LogP contribution >= 0.6 is 0 Å². The van der Waals surface area contributed by atoms with Gasteiger partial charge in [-0.15, -0.1) is 6.92 Å². The minimum absolute atomic E-state index is 0. The van der Waals surface area contributed by atoms with Crippen molar-refractivity contribution in [1.82, 2.24) is 0 Å². The summed E-state index contributed by atoms with van der Waals surface area (Å²) in [5, 5.41) is 0. The molecule has 0 aliphatic heterocycles. The summed E-state index contributed by atoms with van der Waals surface area (Å²) in [4.78, 5) is 0. The summed E-state index contributed by atoms with van der Waals surface area (Å²) < 4.78 is 0. The molecule has 0 atom stereocenters. The van der Waals surface area contributed by atoms with Crippen LogP contribution in [-0.4, -0.2) is 0 Å². The van der Waals surface area contributed by atoms with Crippen molar-refractivity contribution in [2.75, 3.05) is 0 Å². The molecule has 0 aliphatic carbocycles. The van der Waals surface area contributed by atoms with Crippen molar-refractivity contribution in [3.63, 3.8) is 0 Å². The van der Waals surface area contributed by atoms with Crippen LogP contribution in [0.2, 0.25) is 0 Å². The Hall–Kier alpha value is 0.220. The van der Waals surface area contributed by atoms with Crippen molar-refractivity contribution >= 4 is 0 Å². The Labute approximate surface area is 54.5 Å². The van der Waals surface area contributed by atoms with Crippen molar-refractivity contribution in [1.29, 1.82) is 0 Å². The van der Waals surface area contributed by atoms with Crippen LogP contribution in [0.3, 0.4) is 0 Å². The molecular formula is C5H6Au-2. The third-order valence-electron chi connectivity index (χ3n) is 0.263. The Morgan fingerprint density at radius 2 is 1.83 bits per heavy atom. The molecule has 0 aromatic rings. The molecule has 0 fully saturated rings. The molecular weight excluding hydrogens is 257 g/mol. The summed E-state index contributed by atoms with van der Waals surface area (Å²) in [7, 11) is 0. The molecule has 0 aromatic heterocycles. The molecule has 0 N–H and O–H groups in total. The zero-order chi connectivity index (χ0) is 4.28. The van der Waals surface area contributed by atoms with E-state index >= 15 is 0 Å². The summed E-state index contributed by atoms with van der Waals surface area (Å²) in [6.07, 6.45) is 1.36. The Bertz CT molecular complexity index is 55.0. The smallest absolute Gasteiger partial charge is 0 e. The molecule has 0 unspecified atom stereocenters. The molecule has 0 saturated carbocycles. The van der Waals surface area contributed by atoms with E-state index in [1.807, 2.05) is 0 Å². The zero-order valence-electron chi connectivity index (χ0n) is 3.53. The van der Waals surface area contributed by atoms with Crippen molar-refractivity contribution < 1.29 is 22.4 Å². The third kappa shape index (κ3) is 8.88. The van der Waals surface area contributed by atoms with Gasteiger partial charge in [-0.1, -0.05) is 0 Å². The first kappa shape index (κ1) is 9.52. The van der Waals surface area contributed by atoms with Crippen LogP contribution < -0.4 is 0 Å². The molecule has 39 valence electrons. The van der Waals surface area contributed by atoms with Crippen molar-refractivity contribution in [2.45, 2.75) is 6.92 Å². The Morgan fingerprint density at radius 3 is 1.83 bits per heavy atom. The van der Waals surface area contributed by atoms with E-state index < -0.39 is 0 Å². The van der Waals surface area contributed by atoms with Gasteiger partial charge in [0.1, 0.15) is 0 Å². The molecule has 1 heteroatoms. The number of rotatable bonds is 1. The van der Waals surface area contributed by atoms with E-state index in [-0.39, 0.29) is 22.4 Å². The van der Waals surface area contributed by atoms with E-state index in [4.69, 9.17) is 13.2 Å². The summed E-state index contributed by atoms with van der Waals surface area (Å²) in [6, 6.07) is 0. The van der Waals surface area contributed by atoms with Gasteiger partial charge in [0.2, 0.25) is 0 Å². The van der Waals surface area contributed by atoms with Gasteiger partial charge < -0.3 is 24.8 Å². The van der Waals surface area contributed by atoms with E-state index in [1.165, 1.54) is 6.08 Å². The van der Waals surface area contributed by atoms with E-state index in [0.717, 1.165) is 0 Å². The van der Waals surface area contributed by atoms with Crippen molar-refractivity contribution in [3.8, 4) is 0 Å². The molecule has 0 aliphatic rings. The van der Waals surface area contributed by atoms with Gasteiger partial charge in [0.15, 0.2) is 0 Å². The molecule has 0 heterocycles. The fourth-order valence-corrected chi connectivity index (χ4v) is 0. The number of allylic oxidation sites excluding steroid dienone is 2. The van der Waals surface area contributed by atoms with Crippen LogP contribution in [0.25, 0.3) is 0 Å². The standard InChI is InChI=1S/C5H6.Au/c1-4-5(2)3;/h1-2,4H,3H3;/q-2;. The van der Waals surface area contributed by atoms with E-state index in [0.29, 0.717) is 5.57 Å². The van der Waals surface area contributed by atoms with Crippen LogP contribution in [0.4, 0.5) is 0 Å². The van der Waals surface area contributed by atoms with Crippen LogP contribution in [-0.2, 0) is 22.4 Å². The molecule has 0 nitrogen and oxygen atoms in total. The largest absolute Gasteiger partial charge is 0.394 e. The quantitative estimate of drug-likeness (QED) is 0.380. The van der Waals surface area contributed by atoms with E-state index in [1.54, 1.807) is 6.92 Å². The van der Waals surface area contributed by atoms with Gasteiger partial charge in [0.25, 0.3) is 0 Å². The SMILES string of the molecule is [Au].[CH-]=CC(=[CH-])C. The van der Waals surface area contributed by atoms with Crippen LogP contribution in [0, 0.1) is 13.2 Å². The third-order valence-corrected chi connectivity index (χ3v) is 0.263. The predicted molar refractivity (Wildman–Crippen MR) is 22.4 cm³/mol. The molecule has 0 saturated heterocycles. The molecule has 0 bridgehead atoms. The Kier molecular flexibility index (Phi) is 8.28. The first-order valence-corrected chi connectivity index (χ1v) is 1.41. The Morgan fingerprint density at radius 1 is 1.67 bits per heavy atom. The molecule has 0 rings (SSSR count). The first-order chi connectivity index (χ1) is 2.27. The van der Waals surface area contributed by atoms with Crippen LogP contribution in [0.1, 0.15) is 6.92 Å².